The highest BCUT2D eigenvalue weighted by Gasteiger charge is 2.13. The van der Waals surface area contributed by atoms with Crippen LogP contribution in [-0.4, -0.2) is 28.0 Å². The molecule has 0 aromatic carbocycles. The van der Waals surface area contributed by atoms with Crippen LogP contribution in [0.25, 0.3) is 20.9 Å². The Balaban J connectivity index is 1.63. The fourth-order valence-corrected chi connectivity index (χ4v) is 3.78. The number of hydrogen-bond acceptors (Lipinski definition) is 5. The number of hydrogen-bond donors (Lipinski definition) is 0. The molecule has 4 nitrogen and oxygen atoms in total. The molecule has 3 aromatic rings. The van der Waals surface area contributed by atoms with E-state index >= 15 is 0 Å². The molecule has 0 radical (unpaired) electrons. The van der Waals surface area contributed by atoms with E-state index in [0.717, 1.165) is 34.2 Å². The number of nitrogens with zero attached hydrogens (tertiary/aromatic N) is 4. The summed E-state index contributed by atoms with van der Waals surface area (Å²) < 4.78 is 1.04. The normalized spacial score (nSPS) is 15.4. The zero-order chi connectivity index (χ0) is 14.9. The first-order valence-corrected chi connectivity index (χ1v) is 8.63. The van der Waals surface area contributed by atoms with Crippen molar-refractivity contribution < 1.29 is 0 Å². The number of rotatable bonds is 2. The van der Waals surface area contributed by atoms with Crippen LogP contribution in [0.4, 0.5) is 5.82 Å². The first-order valence-electron chi connectivity index (χ1n) is 7.44. The summed E-state index contributed by atoms with van der Waals surface area (Å²) in [5.41, 5.74) is 1.73. The van der Waals surface area contributed by atoms with Gasteiger partial charge in [-0.3, -0.25) is 0 Å². The van der Waals surface area contributed by atoms with Gasteiger partial charge in [-0.2, -0.15) is 0 Å². The van der Waals surface area contributed by atoms with Gasteiger partial charge in [-0.1, -0.05) is 11.6 Å². The predicted octanol–water partition coefficient (Wildman–Crippen LogP) is 4.40. The van der Waals surface area contributed by atoms with Crippen LogP contribution in [0.3, 0.4) is 0 Å². The lowest BCUT2D eigenvalue weighted by Gasteiger charge is -2.27. The van der Waals surface area contributed by atoms with E-state index in [2.05, 4.69) is 32.0 Å². The Morgan fingerprint density at radius 3 is 2.64 bits per heavy atom. The summed E-state index contributed by atoms with van der Waals surface area (Å²) >= 11 is 7.53. The second-order valence-electron chi connectivity index (χ2n) is 5.43. The smallest absolute Gasteiger partial charge is 0.172 e. The highest BCUT2D eigenvalue weighted by atomic mass is 35.5. The molecular formula is C16H15ClN4S. The maximum Gasteiger partial charge on any atom is 0.172 e. The largest absolute Gasteiger partial charge is 0.357 e. The minimum absolute atomic E-state index is 0.475. The zero-order valence-corrected chi connectivity index (χ0v) is 13.6. The molecule has 1 aliphatic heterocycles. The van der Waals surface area contributed by atoms with E-state index < -0.39 is 0 Å². The Hall–Kier alpha value is -1.72. The summed E-state index contributed by atoms with van der Waals surface area (Å²) in [6.45, 7) is 2.21. The lowest BCUT2D eigenvalue weighted by Crippen LogP contribution is -2.29. The number of aromatic nitrogens is 3. The lowest BCUT2D eigenvalue weighted by molar-refractivity contribution is 0.573. The first kappa shape index (κ1) is 13.9. The molecule has 0 N–H and O–H groups in total. The van der Waals surface area contributed by atoms with Crippen LogP contribution in [0.5, 0.6) is 0 Å². The van der Waals surface area contributed by atoms with Crippen molar-refractivity contribution in [2.45, 2.75) is 19.3 Å². The van der Waals surface area contributed by atoms with Gasteiger partial charge in [0.25, 0.3) is 0 Å². The molecule has 0 bridgehead atoms. The first-order chi connectivity index (χ1) is 10.8. The molecular weight excluding hydrogens is 316 g/mol. The Bertz CT molecular complexity index is 794. The average molecular weight is 331 g/mol. The molecule has 3 aromatic heterocycles. The molecule has 112 valence electrons. The Labute approximate surface area is 137 Å². The predicted molar refractivity (Wildman–Crippen MR) is 91.7 cm³/mol. The van der Waals surface area contributed by atoms with Crippen molar-refractivity contribution in [3.8, 4) is 10.6 Å². The van der Waals surface area contributed by atoms with Gasteiger partial charge >= 0.3 is 0 Å². The lowest BCUT2D eigenvalue weighted by atomic mass is 10.1. The molecule has 6 heteroatoms. The molecule has 0 amide bonds. The molecule has 0 unspecified atom stereocenters. The standard InChI is InChI=1S/C16H15ClN4S/c17-13-6-5-12-15(19-13)20-16(22-12)11-4-7-14(18-10-11)21-8-2-1-3-9-21/h4-7,10H,1-3,8-9H2. The monoisotopic (exact) mass is 330 g/mol. The molecule has 0 aliphatic carbocycles. The number of halogens is 1. The maximum atomic E-state index is 5.92. The fourth-order valence-electron chi connectivity index (χ4n) is 2.74. The average Bonchev–Trinajstić information content (AvgIpc) is 2.99. The van der Waals surface area contributed by atoms with Crippen molar-refractivity contribution in [2.24, 2.45) is 0 Å². The third-order valence-corrected chi connectivity index (χ3v) is 5.16. The zero-order valence-electron chi connectivity index (χ0n) is 12.0. The second kappa shape index (κ2) is 5.82. The van der Waals surface area contributed by atoms with Gasteiger partial charge in [0, 0.05) is 24.8 Å². The summed E-state index contributed by atoms with van der Waals surface area (Å²) in [4.78, 5) is 15.8. The van der Waals surface area contributed by atoms with E-state index in [4.69, 9.17) is 11.6 Å². The van der Waals surface area contributed by atoms with E-state index in [1.54, 1.807) is 17.4 Å². The van der Waals surface area contributed by atoms with Crippen molar-refractivity contribution in [1.82, 2.24) is 15.0 Å². The van der Waals surface area contributed by atoms with Gasteiger partial charge in [-0.15, -0.1) is 11.3 Å². The SMILES string of the molecule is Clc1ccc2sc(-c3ccc(N4CCCCC4)nc3)nc2n1. The van der Waals surface area contributed by atoms with Crippen LogP contribution in [0.1, 0.15) is 19.3 Å². The van der Waals surface area contributed by atoms with Gasteiger partial charge in [0.1, 0.15) is 16.0 Å². The van der Waals surface area contributed by atoms with Crippen LogP contribution in [0, 0.1) is 0 Å². The minimum Gasteiger partial charge on any atom is -0.357 e. The number of fused-ring (bicyclic) bond motifs is 1. The molecule has 0 spiro atoms. The van der Waals surface area contributed by atoms with E-state index in [0.29, 0.717) is 10.8 Å². The van der Waals surface area contributed by atoms with Crippen LogP contribution >= 0.6 is 22.9 Å². The van der Waals surface area contributed by atoms with E-state index in [1.807, 2.05) is 12.3 Å². The quantitative estimate of drug-likeness (QED) is 0.653. The Kier molecular flexibility index (Phi) is 3.68. The summed E-state index contributed by atoms with van der Waals surface area (Å²) in [6, 6.07) is 7.94. The van der Waals surface area contributed by atoms with Gasteiger partial charge in [0.15, 0.2) is 5.65 Å². The number of thiazole rings is 1. The van der Waals surface area contributed by atoms with Crippen molar-refractivity contribution in [2.75, 3.05) is 18.0 Å². The van der Waals surface area contributed by atoms with Gasteiger partial charge in [0.2, 0.25) is 0 Å². The Morgan fingerprint density at radius 1 is 1.00 bits per heavy atom. The molecule has 1 fully saturated rings. The molecule has 1 saturated heterocycles. The van der Waals surface area contributed by atoms with E-state index in [1.165, 1.54) is 19.3 Å². The highest BCUT2D eigenvalue weighted by molar-refractivity contribution is 7.21. The molecule has 0 saturated carbocycles. The third kappa shape index (κ3) is 2.66. The summed E-state index contributed by atoms with van der Waals surface area (Å²) in [5, 5.41) is 1.41. The van der Waals surface area contributed by atoms with Crippen LogP contribution in [0.15, 0.2) is 30.5 Å². The van der Waals surface area contributed by atoms with Crippen LogP contribution < -0.4 is 4.90 Å². The second-order valence-corrected chi connectivity index (χ2v) is 6.85. The summed E-state index contributed by atoms with van der Waals surface area (Å²) in [5.74, 6) is 1.06. The van der Waals surface area contributed by atoms with Gasteiger partial charge < -0.3 is 4.90 Å². The van der Waals surface area contributed by atoms with E-state index in [-0.39, 0.29) is 0 Å². The molecule has 1 aliphatic rings. The number of pyridine rings is 2. The minimum atomic E-state index is 0.475. The summed E-state index contributed by atoms with van der Waals surface area (Å²) in [6.07, 6.45) is 5.75. The van der Waals surface area contributed by atoms with Crippen molar-refractivity contribution in [1.29, 1.82) is 0 Å². The number of piperidine rings is 1. The fraction of sp³-hybridized carbons (Fsp3) is 0.312. The van der Waals surface area contributed by atoms with Crippen LogP contribution in [0.2, 0.25) is 5.15 Å². The van der Waals surface area contributed by atoms with Gasteiger partial charge in [0.05, 0.1) is 4.70 Å². The topological polar surface area (TPSA) is 41.9 Å². The van der Waals surface area contributed by atoms with Gasteiger partial charge in [-0.05, 0) is 43.5 Å². The van der Waals surface area contributed by atoms with Crippen molar-refractivity contribution in [3.05, 3.63) is 35.6 Å². The van der Waals surface area contributed by atoms with Crippen LogP contribution in [-0.2, 0) is 0 Å². The maximum absolute atomic E-state index is 5.92. The molecule has 22 heavy (non-hydrogen) atoms. The van der Waals surface area contributed by atoms with Crippen molar-refractivity contribution in [3.63, 3.8) is 0 Å². The Morgan fingerprint density at radius 2 is 1.86 bits per heavy atom. The van der Waals surface area contributed by atoms with Crippen molar-refractivity contribution >= 4 is 39.1 Å². The van der Waals surface area contributed by atoms with E-state index in [9.17, 15) is 0 Å². The third-order valence-electron chi connectivity index (χ3n) is 3.89. The summed E-state index contributed by atoms with van der Waals surface area (Å²) in [7, 11) is 0. The molecule has 0 atom stereocenters. The molecule has 4 rings (SSSR count). The number of anilines is 1. The molecule has 4 heterocycles. The highest BCUT2D eigenvalue weighted by Crippen LogP contribution is 2.30. The van der Waals surface area contributed by atoms with Gasteiger partial charge in [-0.25, -0.2) is 15.0 Å².